The number of imide groups is 1. The van der Waals surface area contributed by atoms with Gasteiger partial charge in [-0.05, 0) is 60.4 Å². The maximum atomic E-state index is 13.4. The van der Waals surface area contributed by atoms with Crippen LogP contribution in [0.25, 0.3) is 10.9 Å². The number of pyridine rings is 1. The van der Waals surface area contributed by atoms with E-state index in [4.69, 9.17) is 4.74 Å². The van der Waals surface area contributed by atoms with E-state index in [0.717, 1.165) is 11.8 Å². The third-order valence-electron chi connectivity index (χ3n) is 7.80. The van der Waals surface area contributed by atoms with E-state index in [1.54, 1.807) is 42.6 Å². The first-order chi connectivity index (χ1) is 16.1. The van der Waals surface area contributed by atoms with Crippen LogP contribution in [0, 0.1) is 35.5 Å². The molecule has 3 fully saturated rings. The fraction of sp³-hybridized carbons (Fsp3) is 0.259. The molecule has 1 saturated heterocycles. The smallest absolute Gasteiger partial charge is 0.343 e. The van der Waals surface area contributed by atoms with Gasteiger partial charge < -0.3 is 4.74 Å². The van der Waals surface area contributed by atoms with Crippen LogP contribution in [-0.2, 0) is 9.59 Å². The molecule has 1 aliphatic heterocycles. The van der Waals surface area contributed by atoms with Crippen molar-refractivity contribution in [3.63, 3.8) is 0 Å². The molecule has 2 amide bonds. The topological polar surface area (TPSA) is 76.6 Å². The Bertz CT molecular complexity index is 1350. The van der Waals surface area contributed by atoms with Crippen LogP contribution in [0.1, 0.15) is 16.8 Å². The lowest BCUT2D eigenvalue weighted by Gasteiger charge is -2.37. The van der Waals surface area contributed by atoms with Gasteiger partial charge in [0.25, 0.3) is 0 Å². The highest BCUT2D eigenvalue weighted by Gasteiger charge is 2.67. The zero-order chi connectivity index (χ0) is 22.3. The van der Waals surface area contributed by atoms with Crippen LogP contribution >= 0.6 is 0 Å². The van der Waals surface area contributed by atoms with E-state index in [0.29, 0.717) is 28.8 Å². The Morgan fingerprint density at radius 1 is 0.909 bits per heavy atom. The molecule has 0 radical (unpaired) electrons. The largest absolute Gasteiger partial charge is 0.421 e. The van der Waals surface area contributed by atoms with Crippen molar-refractivity contribution in [2.24, 2.45) is 35.5 Å². The predicted molar refractivity (Wildman–Crippen MR) is 120 cm³/mol. The Labute approximate surface area is 189 Å². The van der Waals surface area contributed by atoms with Crippen molar-refractivity contribution in [3.05, 3.63) is 78.5 Å². The summed E-state index contributed by atoms with van der Waals surface area (Å²) < 4.78 is 5.64. The Morgan fingerprint density at radius 2 is 1.61 bits per heavy atom. The monoisotopic (exact) mass is 436 g/mol. The summed E-state index contributed by atoms with van der Waals surface area (Å²) in [5, 5.41) is 0.869. The molecule has 2 saturated carbocycles. The fourth-order valence-electron chi connectivity index (χ4n) is 6.30. The molecule has 6 heteroatoms. The van der Waals surface area contributed by atoms with E-state index >= 15 is 0 Å². The molecular formula is C27H20N2O4. The molecule has 6 atom stereocenters. The number of hydrogen-bond acceptors (Lipinski definition) is 5. The molecule has 2 aromatic carbocycles. The maximum Gasteiger partial charge on any atom is 0.343 e. The summed E-state index contributed by atoms with van der Waals surface area (Å²) in [6.07, 6.45) is 7.08. The third-order valence-corrected chi connectivity index (χ3v) is 7.80. The minimum atomic E-state index is -0.561. The summed E-state index contributed by atoms with van der Waals surface area (Å²) in [5.74, 6) is 0.414. The summed E-state index contributed by atoms with van der Waals surface area (Å²) in [6.45, 7) is 0. The molecule has 0 unspecified atom stereocenters. The molecule has 8 rings (SSSR count). The number of fused-ring (bicyclic) bond motifs is 1. The van der Waals surface area contributed by atoms with Crippen LogP contribution in [0.15, 0.2) is 72.9 Å². The lowest BCUT2D eigenvalue weighted by atomic mass is 9.63. The molecule has 4 aliphatic carbocycles. The molecular weight excluding hydrogens is 416 g/mol. The van der Waals surface area contributed by atoms with Crippen LogP contribution < -0.4 is 9.64 Å². The number of rotatable bonds is 3. The minimum Gasteiger partial charge on any atom is -0.421 e. The zero-order valence-electron chi connectivity index (χ0n) is 17.6. The van der Waals surface area contributed by atoms with Gasteiger partial charge in [-0.3, -0.25) is 14.6 Å². The molecule has 0 N–H and O–H groups in total. The second kappa shape index (κ2) is 6.61. The molecule has 6 nitrogen and oxygen atoms in total. The van der Waals surface area contributed by atoms with Crippen molar-refractivity contribution in [2.45, 2.75) is 6.42 Å². The van der Waals surface area contributed by atoms with Gasteiger partial charge in [0, 0.05) is 11.6 Å². The van der Waals surface area contributed by atoms with Crippen LogP contribution in [-0.4, -0.2) is 22.8 Å². The van der Waals surface area contributed by atoms with Gasteiger partial charge >= 0.3 is 5.97 Å². The second-order valence-corrected chi connectivity index (χ2v) is 9.44. The number of nitrogens with zero attached hydrogens (tertiary/aromatic N) is 2. The Kier molecular flexibility index (Phi) is 3.75. The number of ether oxygens (including phenoxy) is 1. The third kappa shape index (κ3) is 2.61. The first-order valence-corrected chi connectivity index (χ1v) is 11.3. The summed E-state index contributed by atoms with van der Waals surface area (Å²) in [5.41, 5.74) is 1.30. The first-order valence-electron chi connectivity index (χ1n) is 11.3. The van der Waals surface area contributed by atoms with Gasteiger partial charge in [-0.15, -0.1) is 0 Å². The van der Waals surface area contributed by atoms with Crippen LogP contribution in [0.4, 0.5) is 5.69 Å². The minimum absolute atomic E-state index is 0.140. The van der Waals surface area contributed by atoms with Gasteiger partial charge in [-0.2, -0.15) is 0 Å². The van der Waals surface area contributed by atoms with Crippen molar-refractivity contribution in [1.82, 2.24) is 4.98 Å². The number of esters is 1. The lowest BCUT2D eigenvalue weighted by molar-refractivity contribution is -0.124. The lowest BCUT2D eigenvalue weighted by Crippen LogP contribution is -2.40. The Balaban J connectivity index is 1.19. The van der Waals surface area contributed by atoms with Crippen LogP contribution in [0.3, 0.4) is 0 Å². The van der Waals surface area contributed by atoms with Crippen molar-refractivity contribution >= 4 is 34.4 Å². The zero-order valence-corrected chi connectivity index (χ0v) is 17.6. The summed E-state index contributed by atoms with van der Waals surface area (Å²) in [7, 11) is 0. The van der Waals surface area contributed by atoms with Crippen molar-refractivity contribution in [2.75, 3.05) is 4.90 Å². The van der Waals surface area contributed by atoms with E-state index in [9.17, 15) is 14.4 Å². The number of anilines is 1. The Morgan fingerprint density at radius 3 is 2.36 bits per heavy atom. The summed E-state index contributed by atoms with van der Waals surface area (Å²) in [4.78, 5) is 45.3. The molecule has 1 aromatic heterocycles. The van der Waals surface area contributed by atoms with Crippen LogP contribution in [0.5, 0.6) is 5.75 Å². The molecule has 33 heavy (non-hydrogen) atoms. The van der Waals surface area contributed by atoms with Gasteiger partial charge in [-0.1, -0.05) is 36.4 Å². The first kappa shape index (κ1) is 18.7. The molecule has 2 heterocycles. The standard InChI is InChI=1S/C27H20N2O4/c30-25-22-17-9-10-18(20-13-19(17)20)23(22)26(31)29(25)16-7-1-5-15(12-16)27(32)33-21-8-2-4-14-6-3-11-28-24(14)21/h1-12,17-20,22-23H,13H2/t17-,18-,19-,20-,22-,23+/m1/s1. The van der Waals surface area contributed by atoms with Gasteiger partial charge in [0.2, 0.25) is 11.8 Å². The number of para-hydroxylation sites is 1. The Hall–Kier alpha value is -3.80. The summed E-state index contributed by atoms with van der Waals surface area (Å²) >= 11 is 0. The normalized spacial score (nSPS) is 31.0. The maximum absolute atomic E-state index is 13.4. The van der Waals surface area contributed by atoms with E-state index in [1.165, 1.54) is 4.90 Å². The molecule has 2 bridgehead atoms. The number of carbonyl (C=O) groups excluding carboxylic acids is 3. The highest BCUT2D eigenvalue weighted by Crippen LogP contribution is 2.65. The number of amides is 2. The van der Waals surface area contributed by atoms with E-state index in [2.05, 4.69) is 17.1 Å². The number of carbonyl (C=O) groups is 3. The summed E-state index contributed by atoms with van der Waals surface area (Å²) in [6, 6.07) is 15.7. The van der Waals surface area contributed by atoms with Crippen LogP contribution in [0.2, 0.25) is 0 Å². The van der Waals surface area contributed by atoms with E-state index < -0.39 is 5.97 Å². The molecule has 162 valence electrons. The second-order valence-electron chi connectivity index (χ2n) is 9.44. The number of hydrogen-bond donors (Lipinski definition) is 0. The van der Waals surface area contributed by atoms with Crippen molar-refractivity contribution < 1.29 is 19.1 Å². The molecule has 0 spiro atoms. The fourth-order valence-corrected chi connectivity index (χ4v) is 6.30. The molecule has 3 aromatic rings. The van der Waals surface area contributed by atoms with Crippen molar-refractivity contribution in [3.8, 4) is 5.75 Å². The van der Waals surface area contributed by atoms with E-state index in [1.807, 2.05) is 18.2 Å². The predicted octanol–water partition coefficient (Wildman–Crippen LogP) is 4.01. The average molecular weight is 436 g/mol. The number of allylic oxidation sites excluding steroid dienone is 2. The number of benzene rings is 2. The highest BCUT2D eigenvalue weighted by atomic mass is 16.5. The molecule has 5 aliphatic rings. The number of aromatic nitrogens is 1. The van der Waals surface area contributed by atoms with Gasteiger partial charge in [0.1, 0.15) is 5.52 Å². The van der Waals surface area contributed by atoms with Gasteiger partial charge in [0.15, 0.2) is 5.75 Å². The quantitative estimate of drug-likeness (QED) is 0.268. The van der Waals surface area contributed by atoms with E-state index in [-0.39, 0.29) is 41.0 Å². The average Bonchev–Trinajstić information content (AvgIpc) is 3.62. The SMILES string of the molecule is O=C(Oc1cccc2cccnc12)c1cccc(N2C(=O)[C@@H]3[C@@H]4C=C[C@H]([C@H]5C[C@H]45)[C@@H]3C2=O)c1. The van der Waals surface area contributed by atoms with Crippen molar-refractivity contribution in [1.29, 1.82) is 0 Å². The van der Waals surface area contributed by atoms with Gasteiger partial charge in [0.05, 0.1) is 23.1 Å². The highest BCUT2D eigenvalue weighted by molar-refractivity contribution is 6.23. The van der Waals surface area contributed by atoms with Gasteiger partial charge in [-0.25, -0.2) is 9.69 Å².